The van der Waals surface area contributed by atoms with E-state index in [0.717, 1.165) is 22.0 Å². The second kappa shape index (κ2) is 6.70. The molecule has 4 nitrogen and oxygen atoms in total. The third-order valence-corrected chi connectivity index (χ3v) is 3.35. The highest BCUT2D eigenvalue weighted by Gasteiger charge is 2.23. The van der Waals surface area contributed by atoms with Gasteiger partial charge in [0.2, 0.25) is 0 Å². The number of halogens is 1. The molecule has 0 aliphatic rings. The van der Waals surface area contributed by atoms with Crippen LogP contribution in [0.15, 0.2) is 22.7 Å². The Hall–Kier alpha value is -1.36. The first kappa shape index (κ1) is 15.7. The monoisotopic (exact) mass is 327 g/mol. The Morgan fingerprint density at radius 2 is 2.16 bits per heavy atom. The van der Waals surface area contributed by atoms with E-state index in [1.807, 2.05) is 32.0 Å². The highest BCUT2D eigenvalue weighted by molar-refractivity contribution is 9.10. The van der Waals surface area contributed by atoms with Gasteiger partial charge in [-0.05, 0) is 44.0 Å². The predicted octanol–water partition coefficient (Wildman–Crippen LogP) is 3.20. The van der Waals surface area contributed by atoms with Crippen LogP contribution in [0, 0.1) is 0 Å². The van der Waals surface area contributed by atoms with Crippen molar-refractivity contribution in [2.45, 2.75) is 32.1 Å². The summed E-state index contributed by atoms with van der Waals surface area (Å²) in [4.78, 5) is 21.6. The van der Waals surface area contributed by atoms with Crippen LogP contribution in [0.1, 0.15) is 32.3 Å². The van der Waals surface area contributed by atoms with Gasteiger partial charge in [-0.25, -0.2) is 0 Å². The number of carbonyl (C=O) groups excluding carboxylic acids is 1. The van der Waals surface area contributed by atoms with Gasteiger partial charge in [0, 0.05) is 28.5 Å². The van der Waals surface area contributed by atoms with Crippen molar-refractivity contribution in [2.75, 3.05) is 11.9 Å². The van der Waals surface area contributed by atoms with Crippen LogP contribution >= 0.6 is 15.9 Å². The molecule has 5 heteroatoms. The van der Waals surface area contributed by atoms with Crippen LogP contribution < -0.4 is 5.32 Å². The molecule has 0 spiro atoms. The minimum absolute atomic E-state index is 0.135. The van der Waals surface area contributed by atoms with Crippen molar-refractivity contribution in [3.8, 4) is 0 Å². The summed E-state index contributed by atoms with van der Waals surface area (Å²) in [6.45, 7) is 4.27. The van der Waals surface area contributed by atoms with Crippen molar-refractivity contribution in [1.82, 2.24) is 0 Å². The lowest BCUT2D eigenvalue weighted by molar-refractivity contribution is -0.137. The number of carbonyl (C=O) groups is 2. The number of aldehydes is 1. The first-order valence-electron chi connectivity index (χ1n) is 6.09. The molecular weight excluding hydrogens is 310 g/mol. The number of aliphatic carboxylic acids is 1. The van der Waals surface area contributed by atoms with Crippen LogP contribution in [0.3, 0.4) is 0 Å². The number of carboxylic acid groups (broad SMARTS) is 1. The number of hydrogen-bond donors (Lipinski definition) is 2. The number of anilines is 1. The van der Waals surface area contributed by atoms with Gasteiger partial charge in [-0.15, -0.1) is 0 Å². The fourth-order valence-corrected chi connectivity index (χ4v) is 2.09. The van der Waals surface area contributed by atoms with Gasteiger partial charge in [-0.1, -0.05) is 15.9 Å². The smallest absolute Gasteiger partial charge is 0.303 e. The first-order valence-corrected chi connectivity index (χ1v) is 6.88. The number of nitrogens with one attached hydrogen (secondary N) is 1. The zero-order valence-corrected chi connectivity index (χ0v) is 12.7. The number of rotatable bonds is 7. The van der Waals surface area contributed by atoms with E-state index in [1.165, 1.54) is 0 Å². The van der Waals surface area contributed by atoms with Gasteiger partial charge in [0.1, 0.15) is 6.29 Å². The molecular formula is C14H18BrNO3. The van der Waals surface area contributed by atoms with Crippen LogP contribution in [0.2, 0.25) is 0 Å². The zero-order chi connectivity index (χ0) is 14.5. The van der Waals surface area contributed by atoms with E-state index >= 15 is 0 Å². The molecule has 1 aromatic rings. The Labute approximate surface area is 121 Å². The van der Waals surface area contributed by atoms with Crippen LogP contribution in [0.5, 0.6) is 0 Å². The Kier molecular flexibility index (Phi) is 5.54. The van der Waals surface area contributed by atoms with E-state index in [-0.39, 0.29) is 6.42 Å². The Bertz CT molecular complexity index is 472. The molecule has 1 aromatic carbocycles. The molecule has 2 N–H and O–H groups in total. The van der Waals surface area contributed by atoms with Crippen molar-refractivity contribution in [2.24, 2.45) is 0 Å². The molecule has 0 amide bonds. The normalized spacial score (nSPS) is 11.1. The highest BCUT2D eigenvalue weighted by Crippen LogP contribution is 2.31. The second-order valence-corrected chi connectivity index (χ2v) is 5.87. The summed E-state index contributed by atoms with van der Waals surface area (Å²) in [7, 11) is 0. The largest absolute Gasteiger partial charge is 0.481 e. The highest BCUT2D eigenvalue weighted by atomic mass is 79.9. The van der Waals surface area contributed by atoms with Crippen molar-refractivity contribution in [3.63, 3.8) is 0 Å². The quantitative estimate of drug-likeness (QED) is 0.596. The first-order chi connectivity index (χ1) is 8.86. The molecule has 104 valence electrons. The molecule has 0 aliphatic heterocycles. The van der Waals surface area contributed by atoms with Crippen LogP contribution in [0.4, 0.5) is 5.69 Å². The fraction of sp³-hybridized carbons (Fsp3) is 0.429. The van der Waals surface area contributed by atoms with E-state index < -0.39 is 11.4 Å². The van der Waals surface area contributed by atoms with E-state index in [9.17, 15) is 9.59 Å². The molecule has 0 atom stereocenters. The lowest BCUT2D eigenvalue weighted by Crippen LogP contribution is -2.21. The average molecular weight is 328 g/mol. The summed E-state index contributed by atoms with van der Waals surface area (Å²) in [5.74, 6) is -0.800. The molecule has 0 heterocycles. The van der Waals surface area contributed by atoms with E-state index in [0.29, 0.717) is 13.0 Å². The van der Waals surface area contributed by atoms with Gasteiger partial charge in [-0.3, -0.25) is 4.79 Å². The van der Waals surface area contributed by atoms with E-state index in [2.05, 4.69) is 21.2 Å². The zero-order valence-electron chi connectivity index (χ0n) is 11.1. The van der Waals surface area contributed by atoms with Crippen molar-refractivity contribution in [1.29, 1.82) is 0 Å². The minimum atomic E-state index is -0.800. The van der Waals surface area contributed by atoms with Crippen molar-refractivity contribution < 1.29 is 14.7 Å². The second-order valence-electron chi connectivity index (χ2n) is 4.95. The van der Waals surface area contributed by atoms with Crippen LogP contribution in [0.25, 0.3) is 0 Å². The molecule has 19 heavy (non-hydrogen) atoms. The van der Waals surface area contributed by atoms with Crippen LogP contribution in [-0.2, 0) is 15.0 Å². The molecule has 0 saturated heterocycles. The van der Waals surface area contributed by atoms with Gasteiger partial charge in [0.05, 0.1) is 0 Å². The van der Waals surface area contributed by atoms with E-state index in [4.69, 9.17) is 5.11 Å². The lowest BCUT2D eigenvalue weighted by atomic mass is 9.85. The number of hydrogen-bond acceptors (Lipinski definition) is 3. The maximum absolute atomic E-state index is 11.2. The Morgan fingerprint density at radius 3 is 2.74 bits per heavy atom. The number of carboxylic acids is 1. The Morgan fingerprint density at radius 1 is 1.47 bits per heavy atom. The molecule has 0 fully saturated rings. The summed E-state index contributed by atoms with van der Waals surface area (Å²) < 4.78 is 0.911. The summed E-state index contributed by atoms with van der Waals surface area (Å²) in [5, 5.41) is 11.8. The van der Waals surface area contributed by atoms with E-state index in [1.54, 1.807) is 0 Å². The Balaban J connectivity index is 2.83. The molecule has 0 radical (unpaired) electrons. The van der Waals surface area contributed by atoms with Gasteiger partial charge in [-0.2, -0.15) is 0 Å². The summed E-state index contributed by atoms with van der Waals surface area (Å²) >= 11 is 3.40. The average Bonchev–Trinajstić information content (AvgIpc) is 2.35. The maximum Gasteiger partial charge on any atom is 0.303 e. The molecule has 0 saturated carbocycles. The standard InChI is InChI=1S/C14H18BrNO3/c1-14(2,9-17)11-8-10(15)5-6-12(11)16-7-3-4-13(18)19/h5-6,8-9,16H,3-4,7H2,1-2H3,(H,18,19). The van der Waals surface area contributed by atoms with Crippen molar-refractivity contribution in [3.05, 3.63) is 28.2 Å². The maximum atomic E-state index is 11.2. The van der Waals surface area contributed by atoms with Gasteiger partial charge in [0.25, 0.3) is 0 Å². The molecule has 0 bridgehead atoms. The summed E-state index contributed by atoms with van der Waals surface area (Å²) in [5.41, 5.74) is 1.18. The van der Waals surface area contributed by atoms with Gasteiger partial charge >= 0.3 is 5.97 Å². The van der Waals surface area contributed by atoms with Gasteiger partial charge in [0.15, 0.2) is 0 Å². The third-order valence-electron chi connectivity index (χ3n) is 2.85. The van der Waals surface area contributed by atoms with Crippen molar-refractivity contribution >= 4 is 33.9 Å². The topological polar surface area (TPSA) is 66.4 Å². The predicted molar refractivity (Wildman–Crippen MR) is 78.6 cm³/mol. The number of benzene rings is 1. The minimum Gasteiger partial charge on any atom is -0.481 e. The molecule has 0 aromatic heterocycles. The SMILES string of the molecule is CC(C)(C=O)c1cc(Br)ccc1NCCCC(=O)O. The van der Waals surface area contributed by atoms with Crippen LogP contribution in [-0.4, -0.2) is 23.9 Å². The molecule has 0 aliphatic carbocycles. The van der Waals surface area contributed by atoms with Gasteiger partial charge < -0.3 is 15.2 Å². The lowest BCUT2D eigenvalue weighted by Gasteiger charge is -2.22. The summed E-state index contributed by atoms with van der Waals surface area (Å²) in [6.07, 6.45) is 1.60. The third kappa shape index (κ3) is 4.67. The fourth-order valence-electron chi connectivity index (χ4n) is 1.73. The molecule has 1 rings (SSSR count). The molecule has 0 unspecified atom stereocenters. The summed E-state index contributed by atoms with van der Waals surface area (Å²) in [6, 6.07) is 5.70.